The summed E-state index contributed by atoms with van der Waals surface area (Å²) in [5, 5.41) is 8.85. The van der Waals surface area contributed by atoms with Crippen LogP contribution in [0.3, 0.4) is 0 Å². The normalized spacial score (nSPS) is 10.9. The van der Waals surface area contributed by atoms with Crippen molar-refractivity contribution in [3.8, 4) is 5.75 Å². The molecule has 0 aliphatic rings. The Kier molecular flexibility index (Phi) is 4.68. The summed E-state index contributed by atoms with van der Waals surface area (Å²) in [5.41, 5.74) is 0.304. The molecular weight excluding hydrogens is 214 g/mol. The van der Waals surface area contributed by atoms with Crippen molar-refractivity contribution in [2.45, 2.75) is 26.9 Å². The molecule has 0 bridgehead atoms. The van der Waals surface area contributed by atoms with Crippen LogP contribution in [-0.2, 0) is 6.61 Å². The van der Waals surface area contributed by atoms with E-state index in [1.807, 2.05) is 13.8 Å². The summed E-state index contributed by atoms with van der Waals surface area (Å²) >= 11 is 0. The SMILES string of the molecule is CC(C)CCOc1cc(CO)cc(F)c1F. The standard InChI is InChI=1S/C12H16F2O2/c1-8(2)3-4-16-11-6-9(7-15)5-10(13)12(11)14/h5-6,8,15H,3-4,7H2,1-2H3. The summed E-state index contributed by atoms with van der Waals surface area (Å²) in [6, 6.07) is 2.28. The van der Waals surface area contributed by atoms with E-state index in [1.165, 1.54) is 6.07 Å². The Balaban J connectivity index is 2.74. The van der Waals surface area contributed by atoms with Gasteiger partial charge in [-0.15, -0.1) is 0 Å². The fourth-order valence-corrected chi connectivity index (χ4v) is 1.22. The fraction of sp³-hybridized carbons (Fsp3) is 0.500. The fourth-order valence-electron chi connectivity index (χ4n) is 1.22. The van der Waals surface area contributed by atoms with Crippen molar-refractivity contribution in [2.24, 2.45) is 5.92 Å². The minimum Gasteiger partial charge on any atom is -0.490 e. The zero-order valence-corrected chi connectivity index (χ0v) is 9.46. The van der Waals surface area contributed by atoms with Crippen LogP contribution in [0.4, 0.5) is 8.78 Å². The number of hydrogen-bond acceptors (Lipinski definition) is 2. The Morgan fingerprint density at radius 3 is 2.56 bits per heavy atom. The predicted octanol–water partition coefficient (Wildman–Crippen LogP) is 2.88. The number of rotatable bonds is 5. The van der Waals surface area contributed by atoms with Gasteiger partial charge in [0.15, 0.2) is 11.6 Å². The van der Waals surface area contributed by atoms with Gasteiger partial charge in [-0.1, -0.05) is 13.8 Å². The molecule has 1 aromatic carbocycles. The number of halogens is 2. The van der Waals surface area contributed by atoms with Gasteiger partial charge in [-0.05, 0) is 30.0 Å². The van der Waals surface area contributed by atoms with Gasteiger partial charge in [0.05, 0.1) is 13.2 Å². The average Bonchev–Trinajstić information content (AvgIpc) is 2.23. The third-order valence-electron chi connectivity index (χ3n) is 2.19. The summed E-state index contributed by atoms with van der Waals surface area (Å²) in [4.78, 5) is 0. The number of hydrogen-bond donors (Lipinski definition) is 1. The van der Waals surface area contributed by atoms with Crippen molar-refractivity contribution >= 4 is 0 Å². The van der Waals surface area contributed by atoms with Crippen LogP contribution >= 0.6 is 0 Å². The third-order valence-corrected chi connectivity index (χ3v) is 2.19. The lowest BCUT2D eigenvalue weighted by molar-refractivity contribution is 0.263. The van der Waals surface area contributed by atoms with Gasteiger partial charge in [0.2, 0.25) is 5.82 Å². The largest absolute Gasteiger partial charge is 0.490 e. The molecule has 0 atom stereocenters. The second-order valence-corrected chi connectivity index (χ2v) is 4.08. The van der Waals surface area contributed by atoms with Crippen molar-refractivity contribution in [1.82, 2.24) is 0 Å². The maximum atomic E-state index is 13.3. The van der Waals surface area contributed by atoms with Gasteiger partial charge < -0.3 is 9.84 Å². The van der Waals surface area contributed by atoms with Gasteiger partial charge in [0.1, 0.15) is 0 Å². The Hall–Kier alpha value is -1.16. The summed E-state index contributed by atoms with van der Waals surface area (Å²) in [6.07, 6.45) is 0.768. The summed E-state index contributed by atoms with van der Waals surface area (Å²) in [5.74, 6) is -1.69. The first-order valence-corrected chi connectivity index (χ1v) is 5.26. The van der Waals surface area contributed by atoms with E-state index in [-0.39, 0.29) is 12.4 Å². The highest BCUT2D eigenvalue weighted by atomic mass is 19.2. The van der Waals surface area contributed by atoms with Crippen LogP contribution in [0, 0.1) is 17.6 Å². The Morgan fingerprint density at radius 1 is 1.31 bits per heavy atom. The van der Waals surface area contributed by atoms with Crippen molar-refractivity contribution < 1.29 is 18.6 Å². The van der Waals surface area contributed by atoms with Crippen molar-refractivity contribution in [3.63, 3.8) is 0 Å². The second-order valence-electron chi connectivity index (χ2n) is 4.08. The number of ether oxygens (including phenoxy) is 1. The number of aliphatic hydroxyl groups is 1. The van der Waals surface area contributed by atoms with Gasteiger partial charge in [0.25, 0.3) is 0 Å². The highest BCUT2D eigenvalue weighted by Gasteiger charge is 2.11. The van der Waals surface area contributed by atoms with Gasteiger partial charge in [0, 0.05) is 0 Å². The molecule has 0 aliphatic carbocycles. The summed E-state index contributed by atoms with van der Waals surface area (Å²) in [6.45, 7) is 4.04. The first-order valence-electron chi connectivity index (χ1n) is 5.26. The van der Waals surface area contributed by atoms with Crippen LogP contribution in [0.2, 0.25) is 0 Å². The molecule has 2 nitrogen and oxygen atoms in total. The molecule has 90 valence electrons. The zero-order chi connectivity index (χ0) is 12.1. The molecule has 1 aromatic rings. The Labute approximate surface area is 93.9 Å². The van der Waals surface area contributed by atoms with Crippen molar-refractivity contribution in [1.29, 1.82) is 0 Å². The van der Waals surface area contributed by atoms with Crippen LogP contribution in [0.1, 0.15) is 25.8 Å². The van der Waals surface area contributed by atoms with E-state index in [4.69, 9.17) is 9.84 Å². The lowest BCUT2D eigenvalue weighted by Crippen LogP contribution is -2.04. The molecular formula is C12H16F2O2. The minimum atomic E-state index is -0.999. The van der Waals surface area contributed by atoms with Crippen LogP contribution in [0.5, 0.6) is 5.75 Å². The molecule has 16 heavy (non-hydrogen) atoms. The maximum absolute atomic E-state index is 13.3. The molecule has 1 N–H and O–H groups in total. The zero-order valence-electron chi connectivity index (χ0n) is 9.46. The molecule has 1 rings (SSSR count). The van der Waals surface area contributed by atoms with E-state index < -0.39 is 11.6 Å². The van der Waals surface area contributed by atoms with Gasteiger partial charge >= 0.3 is 0 Å². The monoisotopic (exact) mass is 230 g/mol. The topological polar surface area (TPSA) is 29.5 Å². The van der Waals surface area contributed by atoms with Crippen LogP contribution in [0.25, 0.3) is 0 Å². The van der Waals surface area contributed by atoms with E-state index in [1.54, 1.807) is 0 Å². The molecule has 0 aromatic heterocycles. The molecule has 0 heterocycles. The van der Waals surface area contributed by atoms with Gasteiger partial charge in [-0.25, -0.2) is 4.39 Å². The molecule has 0 saturated carbocycles. The lowest BCUT2D eigenvalue weighted by Gasteiger charge is -2.10. The highest BCUT2D eigenvalue weighted by Crippen LogP contribution is 2.22. The predicted molar refractivity (Wildman–Crippen MR) is 57.2 cm³/mol. The molecule has 0 radical (unpaired) electrons. The van der Waals surface area contributed by atoms with Crippen LogP contribution < -0.4 is 4.74 Å². The van der Waals surface area contributed by atoms with E-state index in [0.717, 1.165) is 12.5 Å². The van der Waals surface area contributed by atoms with Crippen LogP contribution in [0.15, 0.2) is 12.1 Å². The Morgan fingerprint density at radius 2 is 2.00 bits per heavy atom. The van der Waals surface area contributed by atoms with Gasteiger partial charge in [-0.3, -0.25) is 0 Å². The van der Waals surface area contributed by atoms with E-state index in [0.29, 0.717) is 18.1 Å². The highest BCUT2D eigenvalue weighted by molar-refractivity contribution is 5.31. The molecule has 0 fully saturated rings. The smallest absolute Gasteiger partial charge is 0.200 e. The van der Waals surface area contributed by atoms with Crippen molar-refractivity contribution in [2.75, 3.05) is 6.61 Å². The lowest BCUT2D eigenvalue weighted by atomic mass is 10.1. The third kappa shape index (κ3) is 3.45. The maximum Gasteiger partial charge on any atom is 0.200 e. The molecule has 0 amide bonds. The van der Waals surface area contributed by atoms with E-state index in [9.17, 15) is 8.78 Å². The molecule has 4 heteroatoms. The Bertz CT molecular complexity index is 351. The van der Waals surface area contributed by atoms with Crippen molar-refractivity contribution in [3.05, 3.63) is 29.3 Å². The number of benzene rings is 1. The first kappa shape index (κ1) is 12.9. The van der Waals surface area contributed by atoms with E-state index >= 15 is 0 Å². The molecule has 0 saturated heterocycles. The first-order chi connectivity index (χ1) is 7.54. The van der Waals surface area contributed by atoms with Crippen LogP contribution in [-0.4, -0.2) is 11.7 Å². The quantitative estimate of drug-likeness (QED) is 0.842. The second kappa shape index (κ2) is 5.80. The average molecular weight is 230 g/mol. The van der Waals surface area contributed by atoms with Gasteiger partial charge in [-0.2, -0.15) is 4.39 Å². The molecule has 0 unspecified atom stereocenters. The van der Waals surface area contributed by atoms with E-state index in [2.05, 4.69) is 0 Å². The molecule has 0 spiro atoms. The minimum absolute atomic E-state index is 0.135. The number of aliphatic hydroxyl groups excluding tert-OH is 1. The summed E-state index contributed by atoms with van der Waals surface area (Å²) in [7, 11) is 0. The summed E-state index contributed by atoms with van der Waals surface area (Å²) < 4.78 is 31.5. The molecule has 0 aliphatic heterocycles.